The largest absolute Gasteiger partial charge is 0.368 e. The number of pyridine rings is 1. The van der Waals surface area contributed by atoms with E-state index in [0.29, 0.717) is 29.9 Å². The van der Waals surface area contributed by atoms with Crippen LogP contribution in [-0.2, 0) is 4.79 Å². The number of carbonyl (C=O) groups is 1. The smallest absolute Gasteiger partial charge is 0.170 e. The fraction of sp³-hybridized carbons (Fsp3) is 0.296. The predicted octanol–water partition coefficient (Wildman–Crippen LogP) is 4.16. The van der Waals surface area contributed by atoms with Gasteiger partial charge in [-0.1, -0.05) is 6.08 Å². The van der Waals surface area contributed by atoms with E-state index in [4.69, 9.17) is 4.98 Å². The summed E-state index contributed by atoms with van der Waals surface area (Å²) in [6.07, 6.45) is 10.6. The highest BCUT2D eigenvalue weighted by molar-refractivity contribution is 6.24. The van der Waals surface area contributed by atoms with Gasteiger partial charge in [-0.2, -0.15) is 0 Å². The monoisotopic (exact) mass is 450 g/mol. The first-order chi connectivity index (χ1) is 16.6. The van der Waals surface area contributed by atoms with Gasteiger partial charge in [0, 0.05) is 55.1 Å². The van der Waals surface area contributed by atoms with E-state index in [0.717, 1.165) is 46.3 Å². The number of aromatic nitrogens is 4. The predicted molar refractivity (Wildman–Crippen MR) is 135 cm³/mol. The molecule has 34 heavy (non-hydrogen) atoms. The van der Waals surface area contributed by atoms with E-state index in [1.54, 1.807) is 6.20 Å². The molecule has 0 amide bonds. The molecular weight excluding hydrogens is 424 g/mol. The van der Waals surface area contributed by atoms with Crippen LogP contribution in [0.2, 0.25) is 0 Å². The van der Waals surface area contributed by atoms with Crippen LogP contribution in [0.15, 0.2) is 54.9 Å². The molecule has 2 bridgehead atoms. The summed E-state index contributed by atoms with van der Waals surface area (Å²) in [5.74, 6) is 0.721. The molecule has 170 valence electrons. The summed E-state index contributed by atoms with van der Waals surface area (Å²) < 4.78 is 0. The summed E-state index contributed by atoms with van der Waals surface area (Å²) >= 11 is 0. The molecule has 5 heterocycles. The van der Waals surface area contributed by atoms with Gasteiger partial charge in [-0.05, 0) is 67.4 Å². The van der Waals surface area contributed by atoms with E-state index in [-0.39, 0.29) is 5.78 Å². The zero-order valence-corrected chi connectivity index (χ0v) is 19.1. The highest BCUT2D eigenvalue weighted by atomic mass is 16.1. The number of benzene rings is 1. The molecule has 0 spiro atoms. The Morgan fingerprint density at radius 3 is 2.79 bits per heavy atom. The Morgan fingerprint density at radius 2 is 1.94 bits per heavy atom. The van der Waals surface area contributed by atoms with Gasteiger partial charge in [-0.25, -0.2) is 9.97 Å². The molecule has 3 aliphatic rings. The second-order valence-electron chi connectivity index (χ2n) is 9.69. The molecule has 7 heteroatoms. The van der Waals surface area contributed by atoms with Gasteiger partial charge in [-0.3, -0.25) is 9.69 Å². The summed E-state index contributed by atoms with van der Waals surface area (Å²) in [6.45, 7) is 2.13. The molecule has 7 nitrogen and oxygen atoms in total. The first-order valence-corrected chi connectivity index (χ1v) is 12.0. The number of nitrogens with zero attached hydrogens (tertiary/aromatic N) is 4. The highest BCUT2D eigenvalue weighted by Gasteiger charge is 2.37. The maximum atomic E-state index is 12.9. The third kappa shape index (κ3) is 3.04. The number of hydrogen-bond donors (Lipinski definition) is 2. The van der Waals surface area contributed by atoms with Crippen LogP contribution in [0.5, 0.6) is 0 Å². The molecule has 0 radical (unpaired) electrons. The normalized spacial score (nSPS) is 23.1. The van der Waals surface area contributed by atoms with Gasteiger partial charge < -0.3 is 14.9 Å². The van der Waals surface area contributed by atoms with Crippen LogP contribution < -0.4 is 4.90 Å². The standard InChI is InChI=1S/C27H26N6O/c1-32-18-3-4-19(32)15-33(14-18)17-5-6-23-24(13-17)31-27(30-23)22-12-16(2-7-25(22)34)20-8-10-28-26-21(20)9-11-29-26/h2,5-6,8-13,18-19H,3-4,7,14-15H2,1H3,(H,28,29)(H,30,31). The van der Waals surface area contributed by atoms with Crippen molar-refractivity contribution >= 4 is 44.7 Å². The molecule has 3 aromatic heterocycles. The first kappa shape index (κ1) is 19.7. The van der Waals surface area contributed by atoms with Crippen molar-refractivity contribution in [3.8, 4) is 0 Å². The molecule has 2 fully saturated rings. The fourth-order valence-electron chi connectivity index (χ4n) is 5.85. The molecule has 1 aliphatic carbocycles. The number of likely N-dealkylation sites (N-methyl/N-ethyl adjacent to an activating group) is 1. The van der Waals surface area contributed by atoms with Gasteiger partial charge in [0.2, 0.25) is 0 Å². The average Bonchev–Trinajstić information content (AvgIpc) is 3.54. The van der Waals surface area contributed by atoms with Crippen LogP contribution in [0.3, 0.4) is 0 Å². The Hall–Kier alpha value is -3.71. The molecule has 2 aliphatic heterocycles. The van der Waals surface area contributed by atoms with Crippen molar-refractivity contribution in [2.75, 3.05) is 25.0 Å². The molecule has 0 saturated carbocycles. The Morgan fingerprint density at radius 1 is 1.09 bits per heavy atom. The van der Waals surface area contributed by atoms with E-state index in [2.05, 4.69) is 50.0 Å². The lowest BCUT2D eigenvalue weighted by Gasteiger charge is -2.40. The Bertz CT molecular complexity index is 1490. The summed E-state index contributed by atoms with van der Waals surface area (Å²) in [5, 5.41) is 1.05. The van der Waals surface area contributed by atoms with Crippen molar-refractivity contribution in [1.82, 2.24) is 24.8 Å². The number of rotatable bonds is 3. The quantitative estimate of drug-likeness (QED) is 0.490. The number of carbonyl (C=O) groups excluding carboxylic acids is 1. The topological polar surface area (TPSA) is 80.9 Å². The third-order valence-corrected chi connectivity index (χ3v) is 7.81. The maximum absolute atomic E-state index is 12.9. The van der Waals surface area contributed by atoms with Crippen molar-refractivity contribution < 1.29 is 4.79 Å². The minimum atomic E-state index is 0.0815. The number of ketones is 1. The first-order valence-electron chi connectivity index (χ1n) is 12.0. The second-order valence-corrected chi connectivity index (χ2v) is 9.69. The molecule has 2 unspecified atom stereocenters. The van der Waals surface area contributed by atoms with Crippen LogP contribution in [0, 0.1) is 0 Å². The van der Waals surface area contributed by atoms with Gasteiger partial charge in [0.15, 0.2) is 5.78 Å². The number of hydrogen-bond acceptors (Lipinski definition) is 5. The number of imidazole rings is 1. The van der Waals surface area contributed by atoms with Crippen molar-refractivity contribution in [2.24, 2.45) is 0 Å². The van der Waals surface area contributed by atoms with E-state index in [1.165, 1.54) is 18.5 Å². The van der Waals surface area contributed by atoms with Gasteiger partial charge >= 0.3 is 0 Å². The molecule has 2 atom stereocenters. The minimum absolute atomic E-state index is 0.0815. The summed E-state index contributed by atoms with van der Waals surface area (Å²) in [6, 6.07) is 11.7. The lowest BCUT2D eigenvalue weighted by atomic mass is 9.92. The van der Waals surface area contributed by atoms with Crippen LogP contribution in [0.25, 0.3) is 33.2 Å². The van der Waals surface area contributed by atoms with Crippen molar-refractivity contribution in [3.63, 3.8) is 0 Å². The van der Waals surface area contributed by atoms with Crippen LogP contribution >= 0.6 is 0 Å². The van der Waals surface area contributed by atoms with E-state index >= 15 is 0 Å². The lowest BCUT2D eigenvalue weighted by Crippen LogP contribution is -2.52. The molecular formula is C27H26N6O. The zero-order valence-electron chi connectivity index (χ0n) is 19.1. The van der Waals surface area contributed by atoms with Gasteiger partial charge in [-0.15, -0.1) is 0 Å². The maximum Gasteiger partial charge on any atom is 0.170 e. The zero-order chi connectivity index (χ0) is 22.8. The van der Waals surface area contributed by atoms with Crippen LogP contribution in [0.4, 0.5) is 5.69 Å². The Kier molecular flexibility index (Phi) is 4.29. The van der Waals surface area contributed by atoms with Gasteiger partial charge in [0.1, 0.15) is 11.5 Å². The second kappa shape index (κ2) is 7.40. The minimum Gasteiger partial charge on any atom is -0.368 e. The van der Waals surface area contributed by atoms with Gasteiger partial charge in [0.05, 0.1) is 16.6 Å². The number of allylic oxidation sites excluding steroid dienone is 4. The summed E-state index contributed by atoms with van der Waals surface area (Å²) in [7, 11) is 2.26. The number of fused-ring (bicyclic) bond motifs is 4. The fourth-order valence-corrected chi connectivity index (χ4v) is 5.85. The van der Waals surface area contributed by atoms with E-state index in [9.17, 15) is 4.79 Å². The van der Waals surface area contributed by atoms with Crippen LogP contribution in [0.1, 0.15) is 30.7 Å². The van der Waals surface area contributed by atoms with E-state index in [1.807, 2.05) is 30.5 Å². The van der Waals surface area contributed by atoms with Gasteiger partial charge in [0.25, 0.3) is 0 Å². The molecule has 4 aromatic rings. The molecule has 2 N–H and O–H groups in total. The highest BCUT2D eigenvalue weighted by Crippen LogP contribution is 2.34. The molecule has 1 aromatic carbocycles. The number of Topliss-reactive ketones (excluding diaryl/α,β-unsaturated/α-hetero) is 1. The lowest BCUT2D eigenvalue weighted by molar-refractivity contribution is -0.113. The van der Waals surface area contributed by atoms with Crippen LogP contribution in [-0.4, -0.2) is 62.8 Å². The number of H-pyrrole nitrogens is 2. The summed E-state index contributed by atoms with van der Waals surface area (Å²) in [5.41, 5.74) is 6.66. The van der Waals surface area contributed by atoms with E-state index < -0.39 is 0 Å². The average molecular weight is 451 g/mol. The van der Waals surface area contributed by atoms with Crippen molar-refractivity contribution in [3.05, 3.63) is 66.3 Å². The number of aromatic amines is 2. The number of anilines is 1. The number of piperazine rings is 1. The Labute approximate surface area is 197 Å². The van der Waals surface area contributed by atoms with Crippen molar-refractivity contribution in [1.29, 1.82) is 0 Å². The summed E-state index contributed by atoms with van der Waals surface area (Å²) in [4.78, 5) is 33.7. The number of nitrogens with one attached hydrogen (secondary N) is 2. The Balaban J connectivity index is 1.23. The molecule has 2 saturated heterocycles. The third-order valence-electron chi connectivity index (χ3n) is 7.81. The SMILES string of the molecule is CN1C2CCC1CN(c1ccc3nc(C4=CC(c5ccnc6[nH]ccc56)=CCC4=O)[nH]c3c1)C2. The van der Waals surface area contributed by atoms with Crippen molar-refractivity contribution in [2.45, 2.75) is 31.3 Å². The molecule has 7 rings (SSSR count).